The van der Waals surface area contributed by atoms with Crippen molar-refractivity contribution in [2.75, 3.05) is 13.4 Å². The molecule has 1 aromatic rings. The van der Waals surface area contributed by atoms with Crippen LogP contribution >= 0.6 is 11.8 Å². The third-order valence-electron chi connectivity index (χ3n) is 2.35. The molecule has 0 bridgehead atoms. The van der Waals surface area contributed by atoms with Gasteiger partial charge in [0.25, 0.3) is 0 Å². The van der Waals surface area contributed by atoms with Crippen molar-refractivity contribution in [3.05, 3.63) is 23.3 Å². The quantitative estimate of drug-likeness (QED) is 0.786. The van der Waals surface area contributed by atoms with Crippen LogP contribution in [0.15, 0.2) is 17.0 Å². The number of nitrogens with two attached hydrogens (primary N) is 1. The van der Waals surface area contributed by atoms with Crippen LogP contribution < -0.4 is 10.5 Å². The second kappa shape index (κ2) is 5.23. The SMILES string of the molecule is COc1cc(C(N)C(=O)O)c(SC)cc1C. The van der Waals surface area contributed by atoms with Gasteiger partial charge in [-0.15, -0.1) is 11.8 Å². The summed E-state index contributed by atoms with van der Waals surface area (Å²) >= 11 is 1.48. The van der Waals surface area contributed by atoms with Gasteiger partial charge in [-0.2, -0.15) is 0 Å². The second-order valence-corrected chi connectivity index (χ2v) is 4.23. The Kier molecular flexibility index (Phi) is 4.20. The first-order valence-electron chi connectivity index (χ1n) is 4.72. The lowest BCUT2D eigenvalue weighted by Gasteiger charge is -2.15. The Balaban J connectivity index is 3.29. The number of aryl methyl sites for hydroxylation is 1. The van der Waals surface area contributed by atoms with E-state index in [-0.39, 0.29) is 0 Å². The summed E-state index contributed by atoms with van der Waals surface area (Å²) in [6.07, 6.45) is 1.89. The second-order valence-electron chi connectivity index (χ2n) is 3.38. The number of hydrogen-bond acceptors (Lipinski definition) is 4. The van der Waals surface area contributed by atoms with Crippen molar-refractivity contribution in [1.29, 1.82) is 0 Å². The Morgan fingerprint density at radius 3 is 2.62 bits per heavy atom. The lowest BCUT2D eigenvalue weighted by atomic mass is 10.0. The summed E-state index contributed by atoms with van der Waals surface area (Å²) in [6, 6.07) is 2.57. The fourth-order valence-electron chi connectivity index (χ4n) is 1.45. The lowest BCUT2D eigenvalue weighted by Crippen LogP contribution is -2.21. The van der Waals surface area contributed by atoms with Crippen molar-refractivity contribution < 1.29 is 14.6 Å². The number of hydrogen-bond donors (Lipinski definition) is 2. The fourth-order valence-corrected chi connectivity index (χ4v) is 2.17. The number of carboxylic acids is 1. The standard InChI is InChI=1S/C11H15NO3S/c1-6-4-9(16-3)7(5-8(6)15-2)10(12)11(13)14/h4-5,10H,12H2,1-3H3,(H,13,14). The molecule has 0 heterocycles. The van der Waals surface area contributed by atoms with Gasteiger partial charge in [-0.1, -0.05) is 0 Å². The van der Waals surface area contributed by atoms with Crippen LogP contribution in [-0.2, 0) is 4.79 Å². The Morgan fingerprint density at radius 1 is 1.56 bits per heavy atom. The number of aliphatic carboxylic acids is 1. The number of thioether (sulfide) groups is 1. The zero-order valence-electron chi connectivity index (χ0n) is 9.48. The van der Waals surface area contributed by atoms with Crippen molar-refractivity contribution in [1.82, 2.24) is 0 Å². The Bertz CT molecular complexity index is 406. The van der Waals surface area contributed by atoms with Crippen LogP contribution in [0, 0.1) is 6.92 Å². The molecule has 0 aromatic heterocycles. The van der Waals surface area contributed by atoms with Gasteiger partial charge >= 0.3 is 5.97 Å². The predicted octanol–water partition coefficient (Wildman–Crippen LogP) is 1.81. The first-order chi connectivity index (χ1) is 7.51. The maximum atomic E-state index is 10.9. The van der Waals surface area contributed by atoms with Crippen molar-refractivity contribution in [2.24, 2.45) is 5.73 Å². The molecule has 0 aliphatic carbocycles. The highest BCUT2D eigenvalue weighted by molar-refractivity contribution is 7.98. The van der Waals surface area contributed by atoms with Crippen LogP contribution in [0.1, 0.15) is 17.2 Å². The highest BCUT2D eigenvalue weighted by Crippen LogP contribution is 2.31. The van der Waals surface area contributed by atoms with Crippen LogP contribution in [0.5, 0.6) is 5.75 Å². The molecule has 1 unspecified atom stereocenters. The maximum Gasteiger partial charge on any atom is 0.325 e. The number of carbonyl (C=O) groups is 1. The molecule has 4 nitrogen and oxygen atoms in total. The molecule has 1 aromatic carbocycles. The largest absolute Gasteiger partial charge is 0.496 e. The Labute approximate surface area is 98.8 Å². The molecule has 1 rings (SSSR count). The molecule has 16 heavy (non-hydrogen) atoms. The average molecular weight is 241 g/mol. The highest BCUT2D eigenvalue weighted by atomic mass is 32.2. The molecular weight excluding hydrogens is 226 g/mol. The molecule has 0 saturated carbocycles. The van der Waals surface area contributed by atoms with Crippen LogP contribution in [0.2, 0.25) is 0 Å². The molecule has 0 fully saturated rings. The predicted molar refractivity (Wildman–Crippen MR) is 64.1 cm³/mol. The summed E-state index contributed by atoms with van der Waals surface area (Å²) in [7, 11) is 1.55. The van der Waals surface area contributed by atoms with E-state index < -0.39 is 12.0 Å². The zero-order chi connectivity index (χ0) is 12.3. The minimum Gasteiger partial charge on any atom is -0.496 e. The third-order valence-corrected chi connectivity index (χ3v) is 3.14. The van der Waals surface area contributed by atoms with E-state index in [1.165, 1.54) is 11.8 Å². The highest BCUT2D eigenvalue weighted by Gasteiger charge is 2.19. The van der Waals surface area contributed by atoms with Gasteiger partial charge in [0, 0.05) is 4.90 Å². The minimum absolute atomic E-state index is 0.586. The summed E-state index contributed by atoms with van der Waals surface area (Å²) in [6.45, 7) is 1.91. The zero-order valence-corrected chi connectivity index (χ0v) is 10.3. The number of ether oxygens (including phenoxy) is 1. The first-order valence-corrected chi connectivity index (χ1v) is 5.94. The molecule has 0 spiro atoms. The van der Waals surface area contributed by atoms with E-state index in [0.717, 1.165) is 10.5 Å². The fraction of sp³-hybridized carbons (Fsp3) is 0.364. The summed E-state index contributed by atoms with van der Waals surface area (Å²) < 4.78 is 5.16. The molecular formula is C11H15NO3S. The van der Waals surface area contributed by atoms with E-state index in [4.69, 9.17) is 15.6 Å². The molecule has 0 amide bonds. The molecule has 1 atom stereocenters. The Hall–Kier alpha value is -1.20. The number of carboxylic acid groups (broad SMARTS) is 1. The molecule has 0 radical (unpaired) electrons. The van der Waals surface area contributed by atoms with Gasteiger partial charge < -0.3 is 15.6 Å². The van der Waals surface area contributed by atoms with E-state index in [0.29, 0.717) is 11.3 Å². The monoisotopic (exact) mass is 241 g/mol. The third kappa shape index (κ3) is 2.48. The topological polar surface area (TPSA) is 72.5 Å². The van der Waals surface area contributed by atoms with Gasteiger partial charge in [0.2, 0.25) is 0 Å². The summed E-state index contributed by atoms with van der Waals surface area (Å²) in [5.74, 6) is -0.384. The van der Waals surface area contributed by atoms with Gasteiger partial charge in [0.1, 0.15) is 11.8 Å². The lowest BCUT2D eigenvalue weighted by molar-refractivity contribution is -0.138. The molecule has 3 N–H and O–H groups in total. The van der Waals surface area contributed by atoms with Crippen molar-refractivity contribution in [3.8, 4) is 5.75 Å². The Morgan fingerprint density at radius 2 is 2.19 bits per heavy atom. The van der Waals surface area contributed by atoms with Crippen molar-refractivity contribution in [3.63, 3.8) is 0 Å². The summed E-state index contributed by atoms with van der Waals surface area (Å²) in [5, 5.41) is 8.91. The normalized spacial score (nSPS) is 12.2. The number of methoxy groups -OCH3 is 1. The van der Waals surface area contributed by atoms with Gasteiger partial charge in [0.05, 0.1) is 7.11 Å². The van der Waals surface area contributed by atoms with Gasteiger partial charge in [-0.25, -0.2) is 0 Å². The molecule has 0 saturated heterocycles. The van der Waals surface area contributed by atoms with Crippen molar-refractivity contribution >= 4 is 17.7 Å². The summed E-state index contributed by atoms with van der Waals surface area (Å²) in [5.41, 5.74) is 7.17. The minimum atomic E-state index is -1.04. The van der Waals surface area contributed by atoms with Gasteiger partial charge in [0.15, 0.2) is 0 Å². The number of benzene rings is 1. The van der Waals surface area contributed by atoms with E-state index >= 15 is 0 Å². The van der Waals surface area contributed by atoms with Gasteiger partial charge in [-0.05, 0) is 36.4 Å². The maximum absolute atomic E-state index is 10.9. The van der Waals surface area contributed by atoms with Gasteiger partial charge in [-0.3, -0.25) is 4.79 Å². The van der Waals surface area contributed by atoms with Crippen LogP contribution in [0.3, 0.4) is 0 Å². The van der Waals surface area contributed by atoms with Crippen LogP contribution in [0.25, 0.3) is 0 Å². The van der Waals surface area contributed by atoms with Crippen molar-refractivity contribution in [2.45, 2.75) is 17.9 Å². The smallest absolute Gasteiger partial charge is 0.325 e. The first kappa shape index (κ1) is 12.9. The molecule has 0 aliphatic rings. The van der Waals surface area contributed by atoms with E-state index in [2.05, 4.69) is 0 Å². The summed E-state index contributed by atoms with van der Waals surface area (Å²) in [4.78, 5) is 11.7. The number of rotatable bonds is 4. The van der Waals surface area contributed by atoms with E-state index in [1.54, 1.807) is 13.2 Å². The molecule has 88 valence electrons. The van der Waals surface area contributed by atoms with Crippen LogP contribution in [0.4, 0.5) is 0 Å². The molecule has 0 aliphatic heterocycles. The molecule has 5 heteroatoms. The van der Waals surface area contributed by atoms with E-state index in [9.17, 15) is 4.79 Å². The van der Waals surface area contributed by atoms with E-state index in [1.807, 2.05) is 19.2 Å². The average Bonchev–Trinajstić information content (AvgIpc) is 2.27. The van der Waals surface area contributed by atoms with Crippen LogP contribution in [-0.4, -0.2) is 24.4 Å².